The van der Waals surface area contributed by atoms with Gasteiger partial charge in [-0.05, 0) is 20.8 Å². The van der Waals surface area contributed by atoms with Crippen molar-refractivity contribution in [1.82, 2.24) is 21.1 Å². The molecule has 1 aromatic heterocycles. The predicted molar refractivity (Wildman–Crippen MR) is 67.3 cm³/mol. The topological polar surface area (TPSA) is 96.3 Å². The minimum Gasteiger partial charge on any atom is -0.361 e. The molecule has 0 saturated carbocycles. The highest BCUT2D eigenvalue weighted by atomic mass is 16.5. The Morgan fingerprint density at radius 2 is 2.26 bits per heavy atom. The first-order chi connectivity index (χ1) is 8.99. The summed E-state index contributed by atoms with van der Waals surface area (Å²) in [7, 11) is 0. The van der Waals surface area contributed by atoms with E-state index in [0.717, 1.165) is 11.3 Å². The molecule has 0 aromatic carbocycles. The van der Waals surface area contributed by atoms with E-state index in [0.29, 0.717) is 12.3 Å². The van der Waals surface area contributed by atoms with Gasteiger partial charge >= 0.3 is 0 Å². The van der Waals surface area contributed by atoms with Gasteiger partial charge in [-0.25, -0.2) is 0 Å². The number of nitrogens with one attached hydrogen (secondary N) is 3. The Balaban J connectivity index is 1.97. The van der Waals surface area contributed by atoms with Crippen molar-refractivity contribution in [2.24, 2.45) is 0 Å². The number of hydrogen-bond acceptors (Lipinski definition) is 5. The zero-order valence-corrected chi connectivity index (χ0v) is 11.2. The fourth-order valence-electron chi connectivity index (χ4n) is 2.25. The van der Waals surface area contributed by atoms with E-state index in [9.17, 15) is 9.59 Å². The van der Waals surface area contributed by atoms with Gasteiger partial charge in [-0.3, -0.25) is 14.9 Å². The zero-order chi connectivity index (χ0) is 14.0. The molecule has 1 aliphatic rings. The molecule has 0 bridgehead atoms. The number of carbonyl (C=O) groups is 2. The maximum atomic E-state index is 12.1. The average molecular weight is 266 g/mol. The second-order valence-corrected chi connectivity index (χ2v) is 4.71. The van der Waals surface area contributed by atoms with Crippen LogP contribution >= 0.6 is 0 Å². The van der Waals surface area contributed by atoms with E-state index in [-0.39, 0.29) is 24.4 Å². The molecule has 7 heteroatoms. The summed E-state index contributed by atoms with van der Waals surface area (Å²) in [5, 5.41) is 12.3. The molecule has 0 spiro atoms. The van der Waals surface area contributed by atoms with Crippen LogP contribution in [0.15, 0.2) is 4.52 Å². The summed E-state index contributed by atoms with van der Waals surface area (Å²) in [5.41, 5.74) is 1.67. The molecule has 7 nitrogen and oxygen atoms in total. The van der Waals surface area contributed by atoms with Crippen molar-refractivity contribution in [2.45, 2.75) is 32.9 Å². The van der Waals surface area contributed by atoms with E-state index in [1.165, 1.54) is 0 Å². The van der Waals surface area contributed by atoms with Gasteiger partial charge < -0.3 is 15.2 Å². The summed E-state index contributed by atoms with van der Waals surface area (Å²) >= 11 is 0. The largest absolute Gasteiger partial charge is 0.361 e. The van der Waals surface area contributed by atoms with Crippen molar-refractivity contribution in [3.8, 4) is 0 Å². The summed E-state index contributed by atoms with van der Waals surface area (Å²) in [6.07, 6.45) is 0. The van der Waals surface area contributed by atoms with Crippen LogP contribution < -0.4 is 16.0 Å². The molecule has 2 heterocycles. The predicted octanol–water partition coefficient (Wildman–Crippen LogP) is -0.443. The van der Waals surface area contributed by atoms with Crippen LogP contribution in [0, 0.1) is 13.8 Å². The van der Waals surface area contributed by atoms with Gasteiger partial charge in [0.05, 0.1) is 18.3 Å². The third-order valence-electron chi connectivity index (χ3n) is 3.21. The lowest BCUT2D eigenvalue weighted by molar-refractivity contribution is -0.127. The second-order valence-electron chi connectivity index (χ2n) is 4.71. The molecule has 2 unspecified atom stereocenters. The minimum absolute atomic E-state index is 0.0946. The Labute approximate surface area is 111 Å². The van der Waals surface area contributed by atoms with E-state index >= 15 is 0 Å². The van der Waals surface area contributed by atoms with Crippen LogP contribution in [-0.4, -0.2) is 36.1 Å². The second kappa shape index (κ2) is 5.40. The molecule has 0 radical (unpaired) electrons. The van der Waals surface area contributed by atoms with E-state index in [1.807, 2.05) is 20.8 Å². The summed E-state index contributed by atoms with van der Waals surface area (Å²) in [5.74, 6) is 0.463. The van der Waals surface area contributed by atoms with Crippen molar-refractivity contribution >= 4 is 11.8 Å². The number of piperazine rings is 1. The molecule has 2 atom stereocenters. The smallest absolute Gasteiger partial charge is 0.239 e. The molecule has 1 fully saturated rings. The van der Waals surface area contributed by atoms with Crippen LogP contribution in [0.5, 0.6) is 0 Å². The monoisotopic (exact) mass is 266 g/mol. The van der Waals surface area contributed by atoms with Crippen LogP contribution in [0.1, 0.15) is 30.0 Å². The van der Waals surface area contributed by atoms with Crippen molar-refractivity contribution in [3.63, 3.8) is 0 Å². The first-order valence-electron chi connectivity index (χ1n) is 6.22. The highest BCUT2D eigenvalue weighted by Crippen LogP contribution is 2.20. The van der Waals surface area contributed by atoms with Crippen LogP contribution in [-0.2, 0) is 9.59 Å². The lowest BCUT2D eigenvalue weighted by atomic mass is 10.1. The number of amides is 2. The van der Waals surface area contributed by atoms with Crippen LogP contribution in [0.2, 0.25) is 0 Å². The zero-order valence-electron chi connectivity index (χ0n) is 11.2. The summed E-state index contributed by atoms with van der Waals surface area (Å²) in [6.45, 7) is 6.01. The molecule has 1 aromatic rings. The quantitative estimate of drug-likeness (QED) is 0.689. The van der Waals surface area contributed by atoms with E-state index in [2.05, 4.69) is 21.1 Å². The molecule has 1 aliphatic heterocycles. The van der Waals surface area contributed by atoms with E-state index in [1.54, 1.807) is 0 Å². The van der Waals surface area contributed by atoms with Gasteiger partial charge in [-0.2, -0.15) is 0 Å². The molecule has 3 N–H and O–H groups in total. The first kappa shape index (κ1) is 13.5. The summed E-state index contributed by atoms with van der Waals surface area (Å²) < 4.78 is 5.08. The number of rotatable bonds is 3. The maximum Gasteiger partial charge on any atom is 0.239 e. The van der Waals surface area contributed by atoms with Crippen molar-refractivity contribution in [1.29, 1.82) is 0 Å². The highest BCUT2D eigenvalue weighted by Gasteiger charge is 2.26. The molecule has 1 saturated heterocycles. The Bertz CT molecular complexity index is 468. The van der Waals surface area contributed by atoms with Gasteiger partial charge in [0.1, 0.15) is 11.8 Å². The Morgan fingerprint density at radius 1 is 1.53 bits per heavy atom. The SMILES string of the molecule is Cc1noc(C)c1C(C)NC(=O)C1CNC(=O)CN1. The van der Waals surface area contributed by atoms with E-state index < -0.39 is 6.04 Å². The Kier molecular flexibility index (Phi) is 3.84. The maximum absolute atomic E-state index is 12.1. The lowest BCUT2D eigenvalue weighted by Crippen LogP contribution is -2.58. The van der Waals surface area contributed by atoms with E-state index in [4.69, 9.17) is 4.52 Å². The fraction of sp³-hybridized carbons (Fsp3) is 0.583. The third kappa shape index (κ3) is 2.93. The highest BCUT2D eigenvalue weighted by molar-refractivity contribution is 5.87. The number of nitrogens with zero attached hydrogens (tertiary/aromatic N) is 1. The third-order valence-corrected chi connectivity index (χ3v) is 3.21. The van der Waals surface area contributed by atoms with Gasteiger partial charge in [-0.1, -0.05) is 5.16 Å². The van der Waals surface area contributed by atoms with Crippen molar-refractivity contribution in [2.75, 3.05) is 13.1 Å². The van der Waals surface area contributed by atoms with Crippen LogP contribution in [0.3, 0.4) is 0 Å². The van der Waals surface area contributed by atoms with Gasteiger partial charge in [0.15, 0.2) is 0 Å². The molecule has 2 amide bonds. The molecular weight excluding hydrogens is 248 g/mol. The van der Waals surface area contributed by atoms with Gasteiger partial charge in [0.2, 0.25) is 11.8 Å². The van der Waals surface area contributed by atoms with Crippen molar-refractivity contribution in [3.05, 3.63) is 17.0 Å². The molecule has 2 rings (SSSR count). The Hall–Kier alpha value is -1.89. The van der Waals surface area contributed by atoms with Crippen LogP contribution in [0.25, 0.3) is 0 Å². The lowest BCUT2D eigenvalue weighted by Gasteiger charge is -2.25. The van der Waals surface area contributed by atoms with Gasteiger partial charge in [-0.15, -0.1) is 0 Å². The minimum atomic E-state index is -0.402. The molecule has 0 aliphatic carbocycles. The normalized spacial score (nSPS) is 20.8. The van der Waals surface area contributed by atoms with Crippen LogP contribution in [0.4, 0.5) is 0 Å². The number of carbonyl (C=O) groups excluding carboxylic acids is 2. The number of aromatic nitrogens is 1. The molecule has 104 valence electrons. The Morgan fingerprint density at radius 3 is 2.79 bits per heavy atom. The standard InChI is InChI=1S/C12H18N4O3/c1-6(11-7(2)16-19-8(11)3)15-12(18)9-4-14-10(17)5-13-9/h6,9,13H,4-5H2,1-3H3,(H,14,17)(H,15,18). The van der Waals surface area contributed by atoms with Crippen molar-refractivity contribution < 1.29 is 14.1 Å². The van der Waals surface area contributed by atoms with Gasteiger partial charge in [0.25, 0.3) is 0 Å². The summed E-state index contributed by atoms with van der Waals surface area (Å²) in [6, 6.07) is -0.584. The van der Waals surface area contributed by atoms with Gasteiger partial charge in [0, 0.05) is 12.1 Å². The molecular formula is C12H18N4O3. The number of hydrogen-bond donors (Lipinski definition) is 3. The molecule has 19 heavy (non-hydrogen) atoms. The fourth-order valence-corrected chi connectivity index (χ4v) is 2.25. The average Bonchev–Trinajstić information content (AvgIpc) is 2.69. The first-order valence-corrected chi connectivity index (χ1v) is 6.22. The summed E-state index contributed by atoms with van der Waals surface area (Å²) in [4.78, 5) is 23.1. The number of aryl methyl sites for hydroxylation is 2.